The van der Waals surface area contributed by atoms with E-state index in [1.165, 1.54) is 25.0 Å². The normalized spacial score (nSPS) is 14.7. The number of benzene rings is 3. The van der Waals surface area contributed by atoms with Crippen molar-refractivity contribution in [2.45, 2.75) is 50.0 Å². The van der Waals surface area contributed by atoms with Gasteiger partial charge in [0.05, 0.1) is 23.1 Å². The van der Waals surface area contributed by atoms with Crippen molar-refractivity contribution in [3.05, 3.63) is 94.5 Å². The van der Waals surface area contributed by atoms with E-state index in [1.807, 2.05) is 36.2 Å². The lowest BCUT2D eigenvalue weighted by molar-refractivity contribution is -0.115. The molecule has 0 bridgehead atoms. The summed E-state index contributed by atoms with van der Waals surface area (Å²) in [6.45, 7) is 1.60. The van der Waals surface area contributed by atoms with E-state index in [0.29, 0.717) is 27.8 Å². The van der Waals surface area contributed by atoms with E-state index in [0.717, 1.165) is 18.4 Å². The van der Waals surface area contributed by atoms with Crippen molar-refractivity contribution in [2.75, 3.05) is 18.1 Å². The third kappa shape index (κ3) is 6.63. The lowest BCUT2D eigenvalue weighted by Crippen LogP contribution is -2.35. The first-order valence-corrected chi connectivity index (χ1v) is 14.9. The van der Waals surface area contributed by atoms with Crippen LogP contribution in [0.5, 0.6) is 0 Å². The Morgan fingerprint density at radius 1 is 0.947 bits per heavy atom. The number of carbonyl (C=O) groups is 2. The summed E-state index contributed by atoms with van der Waals surface area (Å²) in [5.74, 6) is 0.136. The van der Waals surface area contributed by atoms with Crippen LogP contribution in [0.2, 0.25) is 5.02 Å². The quantitative estimate of drug-likeness (QED) is 0.337. The predicted octanol–water partition coefficient (Wildman–Crippen LogP) is 6.32. The monoisotopic (exact) mass is 552 g/mol. The molecule has 38 heavy (non-hydrogen) atoms. The van der Waals surface area contributed by atoms with Gasteiger partial charge in [-0.05, 0) is 78.4 Å². The molecule has 0 spiro atoms. The van der Waals surface area contributed by atoms with Crippen molar-refractivity contribution in [3.8, 4) is 0 Å². The largest absolute Gasteiger partial charge is 0.334 e. The second-order valence-corrected chi connectivity index (χ2v) is 12.5. The minimum absolute atomic E-state index is 0.0275. The Kier molecular flexibility index (Phi) is 8.90. The van der Waals surface area contributed by atoms with E-state index >= 15 is 0 Å². The first-order valence-electron chi connectivity index (χ1n) is 12.9. The number of rotatable bonds is 9. The number of nitrogens with one attached hydrogen (secondary N) is 1. The molecule has 0 saturated heterocycles. The summed E-state index contributed by atoms with van der Waals surface area (Å²) in [6.07, 6.45) is 4.64. The number of sulfone groups is 1. The number of nitrogens with zero attached hydrogens (tertiary/aromatic N) is 1. The van der Waals surface area contributed by atoms with Gasteiger partial charge in [0, 0.05) is 23.3 Å². The molecule has 0 aliphatic heterocycles. The van der Waals surface area contributed by atoms with Crippen LogP contribution in [0.1, 0.15) is 60.1 Å². The van der Waals surface area contributed by atoms with Crippen molar-refractivity contribution in [1.29, 1.82) is 0 Å². The molecule has 0 radical (unpaired) electrons. The Morgan fingerprint density at radius 2 is 1.55 bits per heavy atom. The standard InChI is InChI=1S/C30H33ClN2O4S/c1-3-38(36,37)27-18-8-21(9-19-27)20-28(34)32-26-16-12-24(13-17-26)30(35)33(2)29(22-6-4-5-7-22)23-10-14-25(31)15-11-23/h8-19,22,29H,3-7,20H2,1-2H3,(H,32,34). The fraction of sp³-hybridized carbons (Fsp3) is 0.333. The predicted molar refractivity (Wildman–Crippen MR) is 151 cm³/mol. The molecule has 0 heterocycles. The number of hydrogen-bond donors (Lipinski definition) is 1. The first kappa shape index (κ1) is 27.9. The zero-order chi connectivity index (χ0) is 27.3. The van der Waals surface area contributed by atoms with Gasteiger partial charge in [0.25, 0.3) is 5.91 Å². The summed E-state index contributed by atoms with van der Waals surface area (Å²) in [5, 5.41) is 3.52. The van der Waals surface area contributed by atoms with Gasteiger partial charge in [-0.1, -0.05) is 55.6 Å². The second kappa shape index (κ2) is 12.1. The molecule has 0 aromatic heterocycles. The Labute approximate surface area is 229 Å². The molecular formula is C30H33ClN2O4S. The number of halogens is 1. The topological polar surface area (TPSA) is 83.5 Å². The highest BCUT2D eigenvalue weighted by Gasteiger charge is 2.32. The van der Waals surface area contributed by atoms with Crippen LogP contribution in [-0.4, -0.2) is 37.9 Å². The minimum Gasteiger partial charge on any atom is -0.334 e. The smallest absolute Gasteiger partial charge is 0.254 e. The zero-order valence-corrected chi connectivity index (χ0v) is 23.3. The van der Waals surface area contributed by atoms with Gasteiger partial charge in [-0.25, -0.2) is 8.42 Å². The van der Waals surface area contributed by atoms with Crippen LogP contribution < -0.4 is 5.32 Å². The zero-order valence-electron chi connectivity index (χ0n) is 21.7. The van der Waals surface area contributed by atoms with Gasteiger partial charge < -0.3 is 10.2 Å². The average Bonchev–Trinajstić information content (AvgIpc) is 3.44. The molecule has 6 nitrogen and oxygen atoms in total. The molecule has 1 N–H and O–H groups in total. The summed E-state index contributed by atoms with van der Waals surface area (Å²) >= 11 is 6.11. The van der Waals surface area contributed by atoms with Crippen LogP contribution in [0.3, 0.4) is 0 Å². The van der Waals surface area contributed by atoms with Crippen molar-refractivity contribution in [1.82, 2.24) is 4.90 Å². The van der Waals surface area contributed by atoms with Gasteiger partial charge in [0.2, 0.25) is 5.91 Å². The minimum atomic E-state index is -3.27. The van der Waals surface area contributed by atoms with Crippen LogP contribution in [0, 0.1) is 5.92 Å². The third-order valence-electron chi connectivity index (χ3n) is 7.24. The SMILES string of the molecule is CCS(=O)(=O)c1ccc(CC(=O)Nc2ccc(C(=O)N(C)C(c3ccc(Cl)cc3)C3CCCC3)cc2)cc1. The Balaban J connectivity index is 1.41. The number of amides is 2. The van der Waals surface area contributed by atoms with Crippen molar-refractivity contribution >= 4 is 38.9 Å². The first-order chi connectivity index (χ1) is 18.2. The van der Waals surface area contributed by atoms with Gasteiger partial charge in [0.15, 0.2) is 9.84 Å². The summed E-state index contributed by atoms with van der Waals surface area (Å²) in [6, 6.07) is 21.0. The lowest BCUT2D eigenvalue weighted by atomic mass is 9.90. The molecule has 1 unspecified atom stereocenters. The van der Waals surface area contributed by atoms with Crippen LogP contribution in [0.4, 0.5) is 5.69 Å². The van der Waals surface area contributed by atoms with E-state index in [9.17, 15) is 18.0 Å². The maximum absolute atomic E-state index is 13.4. The fourth-order valence-electron chi connectivity index (χ4n) is 5.14. The Hall–Kier alpha value is -3.16. The highest BCUT2D eigenvalue weighted by molar-refractivity contribution is 7.91. The van der Waals surface area contributed by atoms with Crippen molar-refractivity contribution in [2.24, 2.45) is 5.92 Å². The number of hydrogen-bond acceptors (Lipinski definition) is 4. The molecule has 4 rings (SSSR count). The molecule has 2 amide bonds. The van der Waals surface area contributed by atoms with Gasteiger partial charge in [0.1, 0.15) is 0 Å². The second-order valence-electron chi connectivity index (χ2n) is 9.81. The van der Waals surface area contributed by atoms with Crippen LogP contribution in [-0.2, 0) is 21.1 Å². The number of anilines is 1. The molecule has 1 aliphatic carbocycles. The third-order valence-corrected chi connectivity index (χ3v) is 9.24. The van der Waals surface area contributed by atoms with Gasteiger partial charge >= 0.3 is 0 Å². The van der Waals surface area contributed by atoms with E-state index in [4.69, 9.17) is 11.6 Å². The molecule has 1 saturated carbocycles. The van der Waals surface area contributed by atoms with E-state index in [1.54, 1.807) is 43.3 Å². The maximum Gasteiger partial charge on any atom is 0.254 e. The maximum atomic E-state index is 13.4. The summed E-state index contributed by atoms with van der Waals surface area (Å²) < 4.78 is 23.9. The fourth-order valence-corrected chi connectivity index (χ4v) is 6.15. The van der Waals surface area contributed by atoms with Crippen molar-refractivity contribution < 1.29 is 18.0 Å². The van der Waals surface area contributed by atoms with E-state index in [-0.39, 0.29) is 34.9 Å². The van der Waals surface area contributed by atoms with Crippen molar-refractivity contribution in [3.63, 3.8) is 0 Å². The average molecular weight is 553 g/mol. The molecule has 3 aromatic carbocycles. The van der Waals surface area contributed by atoms with Gasteiger partial charge in [-0.3, -0.25) is 9.59 Å². The molecule has 3 aromatic rings. The number of carbonyl (C=O) groups excluding carboxylic acids is 2. The van der Waals surface area contributed by atoms with E-state index < -0.39 is 9.84 Å². The summed E-state index contributed by atoms with van der Waals surface area (Å²) in [5.41, 5.74) is 2.94. The molecule has 1 aliphatic rings. The van der Waals surface area contributed by atoms with Gasteiger partial charge in [-0.15, -0.1) is 0 Å². The van der Waals surface area contributed by atoms with Gasteiger partial charge in [-0.2, -0.15) is 0 Å². The van der Waals surface area contributed by atoms with Crippen LogP contribution in [0.25, 0.3) is 0 Å². The molecular weight excluding hydrogens is 520 g/mol. The van der Waals surface area contributed by atoms with E-state index in [2.05, 4.69) is 5.32 Å². The lowest BCUT2D eigenvalue weighted by Gasteiger charge is -2.33. The highest BCUT2D eigenvalue weighted by Crippen LogP contribution is 2.39. The summed E-state index contributed by atoms with van der Waals surface area (Å²) in [7, 11) is -1.42. The van der Waals surface area contributed by atoms with Crippen LogP contribution >= 0.6 is 11.6 Å². The summed E-state index contributed by atoms with van der Waals surface area (Å²) in [4.78, 5) is 28.1. The molecule has 200 valence electrons. The molecule has 1 atom stereocenters. The Bertz CT molecular complexity index is 1370. The Morgan fingerprint density at radius 3 is 2.13 bits per heavy atom. The molecule has 8 heteroatoms. The van der Waals surface area contributed by atoms with Crippen LogP contribution in [0.15, 0.2) is 77.7 Å². The molecule has 1 fully saturated rings. The highest BCUT2D eigenvalue weighted by atomic mass is 35.5.